The zero-order valence-electron chi connectivity index (χ0n) is 11.9. The van der Waals surface area contributed by atoms with Crippen LogP contribution in [0.3, 0.4) is 0 Å². The molecule has 0 aliphatic carbocycles. The van der Waals surface area contributed by atoms with E-state index in [1.807, 2.05) is 27.7 Å². The van der Waals surface area contributed by atoms with Gasteiger partial charge < -0.3 is 9.84 Å². The lowest BCUT2D eigenvalue weighted by molar-refractivity contribution is -0.298. The van der Waals surface area contributed by atoms with Gasteiger partial charge in [-0.05, 0) is 25.8 Å². The summed E-state index contributed by atoms with van der Waals surface area (Å²) in [5, 5.41) is 10.9. The Bertz CT molecular complexity index is 484. The zero-order chi connectivity index (χ0) is 14.2. The van der Waals surface area contributed by atoms with Gasteiger partial charge in [0.2, 0.25) is 0 Å². The summed E-state index contributed by atoms with van der Waals surface area (Å²) >= 11 is 0. The number of hydrogen-bond acceptors (Lipinski definition) is 3. The standard InChI is InChI=1S/C15H21NO3/c1-10(2)9-16-14(17)12-7-5-6-8-13(12)15(16,18)19-11(3)4/h5-8,10-11,18H,9H2,1-4H3. The molecule has 0 radical (unpaired) electrons. The minimum Gasteiger partial charge on any atom is -0.345 e. The summed E-state index contributed by atoms with van der Waals surface area (Å²) in [6.45, 7) is 8.16. The van der Waals surface area contributed by atoms with Gasteiger partial charge in [0.05, 0.1) is 11.7 Å². The predicted octanol–water partition coefficient (Wildman–Crippen LogP) is 2.33. The molecular formula is C15H21NO3. The third-order valence-corrected chi connectivity index (χ3v) is 3.07. The first-order valence-electron chi connectivity index (χ1n) is 6.68. The summed E-state index contributed by atoms with van der Waals surface area (Å²) in [5.41, 5.74) is 1.06. The molecule has 1 amide bonds. The topological polar surface area (TPSA) is 49.8 Å². The highest BCUT2D eigenvalue weighted by atomic mass is 16.7. The lowest BCUT2D eigenvalue weighted by Gasteiger charge is -2.36. The van der Waals surface area contributed by atoms with E-state index in [2.05, 4.69) is 0 Å². The van der Waals surface area contributed by atoms with Crippen molar-refractivity contribution in [2.75, 3.05) is 6.54 Å². The van der Waals surface area contributed by atoms with Gasteiger partial charge in [-0.25, -0.2) is 0 Å². The van der Waals surface area contributed by atoms with Gasteiger partial charge in [-0.15, -0.1) is 0 Å². The molecule has 4 nitrogen and oxygen atoms in total. The number of aliphatic hydroxyl groups is 1. The Morgan fingerprint density at radius 2 is 1.89 bits per heavy atom. The molecule has 1 atom stereocenters. The van der Waals surface area contributed by atoms with Crippen molar-refractivity contribution in [2.24, 2.45) is 5.92 Å². The van der Waals surface area contributed by atoms with Gasteiger partial charge >= 0.3 is 0 Å². The molecule has 1 aromatic carbocycles. The summed E-state index contributed by atoms with van der Waals surface area (Å²) in [7, 11) is 0. The van der Waals surface area contributed by atoms with Gasteiger partial charge in [-0.2, -0.15) is 0 Å². The van der Waals surface area contributed by atoms with E-state index in [-0.39, 0.29) is 17.9 Å². The highest BCUT2D eigenvalue weighted by molar-refractivity contribution is 5.99. The molecule has 104 valence electrons. The number of amides is 1. The Hall–Kier alpha value is -1.39. The predicted molar refractivity (Wildman–Crippen MR) is 72.4 cm³/mol. The monoisotopic (exact) mass is 263 g/mol. The summed E-state index contributed by atoms with van der Waals surface area (Å²) in [4.78, 5) is 13.8. The second-order valence-corrected chi connectivity index (χ2v) is 5.63. The van der Waals surface area contributed by atoms with Crippen LogP contribution in [-0.4, -0.2) is 28.6 Å². The highest BCUT2D eigenvalue weighted by Crippen LogP contribution is 2.39. The molecule has 0 spiro atoms. The molecule has 0 saturated heterocycles. The molecule has 1 aliphatic heterocycles. The van der Waals surface area contributed by atoms with Crippen LogP contribution in [0.25, 0.3) is 0 Å². The summed E-state index contributed by atoms with van der Waals surface area (Å²) in [6, 6.07) is 7.08. The molecule has 4 heteroatoms. The molecule has 1 unspecified atom stereocenters. The Kier molecular flexibility index (Phi) is 3.65. The number of rotatable bonds is 4. The molecule has 0 saturated carbocycles. The van der Waals surface area contributed by atoms with Crippen molar-refractivity contribution in [3.8, 4) is 0 Å². The molecule has 0 aromatic heterocycles. The lowest BCUT2D eigenvalue weighted by atomic mass is 10.1. The van der Waals surface area contributed by atoms with Crippen LogP contribution in [0, 0.1) is 5.92 Å². The molecule has 1 aliphatic rings. The van der Waals surface area contributed by atoms with E-state index in [0.29, 0.717) is 17.7 Å². The van der Waals surface area contributed by atoms with E-state index in [0.717, 1.165) is 0 Å². The highest BCUT2D eigenvalue weighted by Gasteiger charge is 2.50. The van der Waals surface area contributed by atoms with E-state index in [1.54, 1.807) is 24.3 Å². The number of hydrogen-bond donors (Lipinski definition) is 1. The first-order chi connectivity index (χ1) is 8.86. The van der Waals surface area contributed by atoms with E-state index in [4.69, 9.17) is 4.74 Å². The van der Waals surface area contributed by atoms with Crippen molar-refractivity contribution in [2.45, 2.75) is 39.7 Å². The van der Waals surface area contributed by atoms with E-state index < -0.39 is 5.91 Å². The molecule has 0 bridgehead atoms. The maximum atomic E-state index is 12.4. The number of carbonyl (C=O) groups is 1. The van der Waals surface area contributed by atoms with Gasteiger partial charge in [0.15, 0.2) is 0 Å². The third-order valence-electron chi connectivity index (χ3n) is 3.07. The summed E-state index contributed by atoms with van der Waals surface area (Å²) in [5.74, 6) is -1.57. The Labute approximate surface area is 114 Å². The lowest BCUT2D eigenvalue weighted by Crippen LogP contribution is -2.48. The van der Waals surface area contributed by atoms with Crippen LogP contribution in [0.1, 0.15) is 43.6 Å². The van der Waals surface area contributed by atoms with Crippen molar-refractivity contribution < 1.29 is 14.6 Å². The summed E-state index contributed by atoms with van der Waals surface area (Å²) in [6.07, 6.45) is -0.182. The third kappa shape index (κ3) is 2.38. The first-order valence-corrected chi connectivity index (χ1v) is 6.68. The second kappa shape index (κ2) is 4.94. The van der Waals surface area contributed by atoms with E-state index in [9.17, 15) is 9.90 Å². The SMILES string of the molecule is CC(C)CN1C(=O)c2ccccc2C1(O)OC(C)C. The average Bonchev–Trinajstić information content (AvgIpc) is 2.51. The minimum absolute atomic E-state index is 0.174. The van der Waals surface area contributed by atoms with Crippen molar-refractivity contribution in [1.82, 2.24) is 4.90 Å². The number of fused-ring (bicyclic) bond motifs is 1. The Morgan fingerprint density at radius 1 is 1.26 bits per heavy atom. The van der Waals surface area contributed by atoms with Gasteiger partial charge in [0, 0.05) is 12.1 Å². The zero-order valence-corrected chi connectivity index (χ0v) is 11.9. The molecule has 19 heavy (non-hydrogen) atoms. The summed E-state index contributed by atoms with van der Waals surface area (Å²) < 4.78 is 5.67. The number of carbonyl (C=O) groups excluding carboxylic acids is 1. The molecule has 1 aromatic rings. The fraction of sp³-hybridized carbons (Fsp3) is 0.533. The van der Waals surface area contributed by atoms with Crippen molar-refractivity contribution >= 4 is 5.91 Å². The molecule has 0 fully saturated rings. The van der Waals surface area contributed by atoms with Crippen molar-refractivity contribution in [3.63, 3.8) is 0 Å². The fourth-order valence-electron chi connectivity index (χ4n) is 2.41. The van der Waals surface area contributed by atoms with Crippen LogP contribution < -0.4 is 0 Å². The van der Waals surface area contributed by atoms with Gasteiger partial charge in [-0.3, -0.25) is 9.69 Å². The van der Waals surface area contributed by atoms with Crippen LogP contribution >= 0.6 is 0 Å². The van der Waals surface area contributed by atoms with Gasteiger partial charge in [0.25, 0.3) is 11.8 Å². The molecular weight excluding hydrogens is 242 g/mol. The molecule has 1 heterocycles. The second-order valence-electron chi connectivity index (χ2n) is 5.63. The average molecular weight is 263 g/mol. The smallest absolute Gasteiger partial charge is 0.281 e. The van der Waals surface area contributed by atoms with Crippen molar-refractivity contribution in [1.29, 1.82) is 0 Å². The first kappa shape index (κ1) is 14.0. The maximum absolute atomic E-state index is 12.4. The quantitative estimate of drug-likeness (QED) is 0.848. The van der Waals surface area contributed by atoms with Crippen LogP contribution in [0.4, 0.5) is 0 Å². The molecule has 2 rings (SSSR count). The normalized spacial score (nSPS) is 22.5. The largest absolute Gasteiger partial charge is 0.345 e. The Morgan fingerprint density at radius 3 is 2.47 bits per heavy atom. The van der Waals surface area contributed by atoms with E-state index in [1.165, 1.54) is 4.90 Å². The van der Waals surface area contributed by atoms with Crippen molar-refractivity contribution in [3.05, 3.63) is 35.4 Å². The van der Waals surface area contributed by atoms with Crippen LogP contribution in [0.5, 0.6) is 0 Å². The minimum atomic E-state index is -1.65. The molecule has 1 N–H and O–H groups in total. The van der Waals surface area contributed by atoms with Gasteiger partial charge in [0.1, 0.15) is 0 Å². The van der Waals surface area contributed by atoms with E-state index >= 15 is 0 Å². The van der Waals surface area contributed by atoms with Crippen LogP contribution in [0.2, 0.25) is 0 Å². The fourth-order valence-corrected chi connectivity index (χ4v) is 2.41. The number of ether oxygens (including phenoxy) is 1. The number of benzene rings is 1. The maximum Gasteiger partial charge on any atom is 0.281 e. The van der Waals surface area contributed by atoms with Gasteiger partial charge in [-0.1, -0.05) is 32.0 Å². The van der Waals surface area contributed by atoms with Crippen LogP contribution in [-0.2, 0) is 10.6 Å². The Balaban J connectivity index is 2.47. The van der Waals surface area contributed by atoms with Crippen LogP contribution in [0.15, 0.2) is 24.3 Å². The number of nitrogens with zero attached hydrogens (tertiary/aromatic N) is 1.